The van der Waals surface area contributed by atoms with Crippen molar-refractivity contribution in [1.29, 1.82) is 0 Å². The van der Waals surface area contributed by atoms with Gasteiger partial charge in [-0.05, 0) is 83.7 Å². The maximum Gasteiger partial charge on any atom is 0.418 e. The third-order valence-corrected chi connectivity index (χ3v) is 5.33. The number of furan rings is 1. The highest BCUT2D eigenvalue weighted by Crippen LogP contribution is 2.35. The largest absolute Gasteiger partial charge is 0.451 e. The van der Waals surface area contributed by atoms with Crippen LogP contribution >= 0.6 is 46.4 Å². The number of hydrogen-bond acceptors (Lipinski definition) is 3. The van der Waals surface area contributed by atoms with Crippen LogP contribution in [0.3, 0.4) is 0 Å². The van der Waals surface area contributed by atoms with Crippen molar-refractivity contribution in [3.05, 3.63) is 74.0 Å². The molecule has 0 fully saturated rings. The molecular formula is C20H13ClF3IN2O2S. The number of carbonyl (C=O) groups is 1. The van der Waals surface area contributed by atoms with Crippen LogP contribution < -0.4 is 10.6 Å². The van der Waals surface area contributed by atoms with Crippen molar-refractivity contribution in [2.75, 3.05) is 5.32 Å². The first-order valence-corrected chi connectivity index (χ1v) is 10.3. The molecule has 3 aromatic rings. The van der Waals surface area contributed by atoms with Crippen LogP contribution in [-0.2, 0) is 6.18 Å². The van der Waals surface area contributed by atoms with Crippen molar-refractivity contribution in [1.82, 2.24) is 5.32 Å². The molecule has 156 valence electrons. The topological polar surface area (TPSA) is 54.3 Å². The van der Waals surface area contributed by atoms with Gasteiger partial charge in [-0.15, -0.1) is 0 Å². The van der Waals surface area contributed by atoms with E-state index in [-0.39, 0.29) is 16.6 Å². The second-order valence-electron chi connectivity index (χ2n) is 6.22. The zero-order valence-corrected chi connectivity index (χ0v) is 19.0. The molecule has 0 spiro atoms. The predicted molar refractivity (Wildman–Crippen MR) is 122 cm³/mol. The molecule has 4 nitrogen and oxygen atoms in total. The highest BCUT2D eigenvalue weighted by Gasteiger charge is 2.34. The summed E-state index contributed by atoms with van der Waals surface area (Å²) in [6.45, 7) is 1.86. The Bertz CT molecular complexity index is 1130. The van der Waals surface area contributed by atoms with E-state index < -0.39 is 17.6 Å². The molecule has 1 aromatic heterocycles. The van der Waals surface area contributed by atoms with Crippen LogP contribution in [0.4, 0.5) is 18.9 Å². The van der Waals surface area contributed by atoms with Gasteiger partial charge in [-0.25, -0.2) is 0 Å². The molecular weight excluding hydrogens is 552 g/mol. The number of nitrogens with one attached hydrogen (secondary N) is 2. The van der Waals surface area contributed by atoms with E-state index in [9.17, 15) is 18.0 Å². The second kappa shape index (κ2) is 8.94. The Kier molecular flexibility index (Phi) is 6.73. The van der Waals surface area contributed by atoms with Crippen molar-refractivity contribution in [3.8, 4) is 11.3 Å². The Morgan fingerprint density at radius 3 is 2.53 bits per heavy atom. The van der Waals surface area contributed by atoms with Crippen LogP contribution in [0.25, 0.3) is 11.3 Å². The lowest BCUT2D eigenvalue weighted by Gasteiger charge is -2.15. The van der Waals surface area contributed by atoms with E-state index in [2.05, 4.69) is 10.6 Å². The highest BCUT2D eigenvalue weighted by molar-refractivity contribution is 14.1. The van der Waals surface area contributed by atoms with Crippen LogP contribution in [-0.4, -0.2) is 11.0 Å². The summed E-state index contributed by atoms with van der Waals surface area (Å²) in [5, 5.41) is 4.99. The first-order valence-electron chi connectivity index (χ1n) is 8.40. The molecule has 0 saturated carbocycles. The monoisotopic (exact) mass is 564 g/mol. The van der Waals surface area contributed by atoms with Crippen molar-refractivity contribution in [3.63, 3.8) is 0 Å². The van der Waals surface area contributed by atoms with Gasteiger partial charge in [-0.2, -0.15) is 13.2 Å². The van der Waals surface area contributed by atoms with Crippen molar-refractivity contribution >= 4 is 63.1 Å². The molecule has 0 bridgehead atoms. The number of benzene rings is 2. The van der Waals surface area contributed by atoms with Gasteiger partial charge in [0.2, 0.25) is 0 Å². The number of halogens is 5. The first kappa shape index (κ1) is 22.6. The summed E-state index contributed by atoms with van der Waals surface area (Å²) in [4.78, 5) is 12.4. The molecule has 30 heavy (non-hydrogen) atoms. The van der Waals surface area contributed by atoms with Crippen LogP contribution in [0.15, 0.2) is 52.9 Å². The summed E-state index contributed by atoms with van der Waals surface area (Å²) >= 11 is 12.9. The van der Waals surface area contributed by atoms with Crippen LogP contribution in [0.5, 0.6) is 0 Å². The third-order valence-electron chi connectivity index (χ3n) is 4.05. The standard InChI is InChI=1S/C20H13ClF3IN2O2S/c1-10-2-3-11(8-14(10)21)16-6-7-17(29-16)18(28)27-19(30)26-15-5-4-12(25)9-13(15)20(22,23)24/h2-9H,1H3,(H2,26,27,28,30). The van der Waals surface area contributed by atoms with E-state index in [0.717, 1.165) is 11.6 Å². The number of thiocarbonyl (C=S) groups is 1. The van der Waals surface area contributed by atoms with Crippen molar-refractivity contribution in [2.45, 2.75) is 13.1 Å². The normalized spacial score (nSPS) is 11.3. The summed E-state index contributed by atoms with van der Waals surface area (Å²) in [7, 11) is 0. The van der Waals surface area contributed by atoms with Gasteiger partial charge >= 0.3 is 6.18 Å². The zero-order valence-electron chi connectivity index (χ0n) is 15.2. The number of hydrogen-bond donors (Lipinski definition) is 2. The summed E-state index contributed by atoms with van der Waals surface area (Å²) in [6.07, 6.45) is -4.58. The van der Waals surface area contributed by atoms with Crippen LogP contribution in [0.2, 0.25) is 5.02 Å². The second-order valence-corrected chi connectivity index (χ2v) is 8.28. The Hall–Kier alpha value is -2.11. The number of alkyl halides is 3. The zero-order chi connectivity index (χ0) is 22.1. The minimum atomic E-state index is -4.58. The fraction of sp³-hybridized carbons (Fsp3) is 0.100. The van der Waals surface area contributed by atoms with E-state index in [1.54, 1.807) is 40.8 Å². The van der Waals surface area contributed by atoms with Gasteiger partial charge in [0.25, 0.3) is 5.91 Å². The van der Waals surface area contributed by atoms with E-state index in [1.807, 2.05) is 13.0 Å². The molecule has 0 atom stereocenters. The Morgan fingerprint density at radius 1 is 1.13 bits per heavy atom. The molecule has 0 saturated heterocycles. The van der Waals surface area contributed by atoms with Gasteiger partial charge in [-0.3, -0.25) is 10.1 Å². The maximum absolute atomic E-state index is 13.2. The predicted octanol–water partition coefficient (Wildman–Crippen LogP) is 6.66. The van der Waals surface area contributed by atoms with Crippen LogP contribution in [0.1, 0.15) is 21.7 Å². The van der Waals surface area contributed by atoms with Gasteiger partial charge in [0, 0.05) is 14.2 Å². The Labute approximate surface area is 193 Å². The van der Waals surface area contributed by atoms with Gasteiger partial charge in [0.15, 0.2) is 10.9 Å². The molecule has 1 amide bonds. The lowest BCUT2D eigenvalue weighted by atomic mass is 10.1. The van der Waals surface area contributed by atoms with E-state index >= 15 is 0 Å². The van der Waals surface area contributed by atoms with Crippen molar-refractivity contribution in [2.24, 2.45) is 0 Å². The molecule has 10 heteroatoms. The molecule has 0 aliphatic carbocycles. The van der Waals surface area contributed by atoms with E-state index in [4.69, 9.17) is 28.2 Å². The smallest absolute Gasteiger partial charge is 0.418 e. The van der Waals surface area contributed by atoms with Crippen LogP contribution in [0, 0.1) is 10.5 Å². The third kappa shape index (κ3) is 5.32. The number of carbonyl (C=O) groups excluding carboxylic acids is 1. The fourth-order valence-corrected chi connectivity index (χ4v) is 3.41. The average molecular weight is 565 g/mol. The molecule has 2 N–H and O–H groups in total. The summed E-state index contributed by atoms with van der Waals surface area (Å²) in [5.74, 6) is -0.335. The quantitative estimate of drug-likeness (QED) is 0.276. The van der Waals surface area contributed by atoms with E-state index in [1.165, 1.54) is 18.2 Å². The molecule has 0 radical (unpaired) electrons. The summed E-state index contributed by atoms with van der Waals surface area (Å²) in [5.41, 5.74) is 0.430. The number of anilines is 1. The molecule has 0 unspecified atom stereocenters. The Morgan fingerprint density at radius 2 is 1.87 bits per heavy atom. The van der Waals surface area contributed by atoms with E-state index in [0.29, 0.717) is 19.9 Å². The minimum Gasteiger partial charge on any atom is -0.451 e. The number of amides is 1. The average Bonchev–Trinajstić information content (AvgIpc) is 3.15. The van der Waals surface area contributed by atoms with Gasteiger partial charge in [0.05, 0.1) is 11.3 Å². The summed E-state index contributed by atoms with van der Waals surface area (Å²) < 4.78 is 45.6. The molecule has 2 aromatic carbocycles. The lowest BCUT2D eigenvalue weighted by Crippen LogP contribution is -2.34. The SMILES string of the molecule is Cc1ccc(-c2ccc(C(=O)NC(=S)Nc3ccc(I)cc3C(F)(F)F)o2)cc1Cl. The first-order chi connectivity index (χ1) is 14.0. The molecule has 1 heterocycles. The lowest BCUT2D eigenvalue weighted by molar-refractivity contribution is -0.137. The fourth-order valence-electron chi connectivity index (χ4n) is 2.54. The maximum atomic E-state index is 13.2. The molecule has 3 rings (SSSR count). The number of rotatable bonds is 3. The van der Waals surface area contributed by atoms with Gasteiger partial charge in [-0.1, -0.05) is 23.7 Å². The Balaban J connectivity index is 1.72. The molecule has 0 aliphatic rings. The number of aryl methyl sites for hydroxylation is 1. The highest BCUT2D eigenvalue weighted by atomic mass is 127. The summed E-state index contributed by atoms with van der Waals surface area (Å²) in [6, 6.07) is 12.1. The van der Waals surface area contributed by atoms with Gasteiger partial charge < -0.3 is 9.73 Å². The molecule has 0 aliphatic heterocycles. The van der Waals surface area contributed by atoms with Gasteiger partial charge in [0.1, 0.15) is 5.76 Å². The minimum absolute atomic E-state index is 0.0514. The van der Waals surface area contributed by atoms with Crippen molar-refractivity contribution < 1.29 is 22.4 Å².